The highest BCUT2D eigenvalue weighted by atomic mass is 14.8. The molecule has 0 aliphatic heterocycles. The van der Waals surface area contributed by atoms with Crippen LogP contribution >= 0.6 is 0 Å². The fourth-order valence-corrected chi connectivity index (χ4v) is 3.41. The summed E-state index contributed by atoms with van der Waals surface area (Å²) < 4.78 is 0. The largest absolute Gasteiger partial charge is 0.255 e. The van der Waals surface area contributed by atoms with Gasteiger partial charge in [-0.15, -0.1) is 0 Å². The van der Waals surface area contributed by atoms with E-state index in [1.165, 1.54) is 0 Å². The molecule has 178 valence electrons. The Morgan fingerprint density at radius 2 is 0.895 bits per heavy atom. The lowest BCUT2D eigenvalue weighted by atomic mass is 10.1. The van der Waals surface area contributed by atoms with E-state index >= 15 is 0 Å². The minimum absolute atomic E-state index is 0.821. The van der Waals surface area contributed by atoms with Crippen LogP contribution in [-0.2, 0) is 0 Å². The van der Waals surface area contributed by atoms with Gasteiger partial charge in [0.1, 0.15) is 0 Å². The van der Waals surface area contributed by atoms with Crippen molar-refractivity contribution >= 4 is 23.8 Å². The van der Waals surface area contributed by atoms with Crippen LogP contribution in [0.2, 0.25) is 0 Å². The first-order valence-corrected chi connectivity index (χ1v) is 12.0. The summed E-state index contributed by atoms with van der Waals surface area (Å²) in [4.78, 5) is 17.4. The molecule has 2 heterocycles. The SMILES string of the molecule is C(#Cc1cccc(C#Cc2ccc(N=Cc3ccccn3)cc2)c1)c1ccc(N=Cc2ccccn2)cc1. The molecule has 4 nitrogen and oxygen atoms in total. The van der Waals surface area contributed by atoms with Crippen LogP contribution in [-0.4, -0.2) is 22.4 Å². The molecule has 0 amide bonds. The highest BCUT2D eigenvalue weighted by Gasteiger charge is 1.94. The molecule has 0 atom stereocenters. The van der Waals surface area contributed by atoms with E-state index in [0.717, 1.165) is 45.0 Å². The number of hydrogen-bond acceptors (Lipinski definition) is 4. The molecule has 38 heavy (non-hydrogen) atoms. The summed E-state index contributed by atoms with van der Waals surface area (Å²) in [6.07, 6.45) is 7.00. The molecule has 4 heteroatoms. The third-order valence-corrected chi connectivity index (χ3v) is 5.37. The Bertz CT molecular complexity index is 1550. The monoisotopic (exact) mass is 486 g/mol. The number of nitrogens with zero attached hydrogens (tertiary/aromatic N) is 4. The lowest BCUT2D eigenvalue weighted by Crippen LogP contribution is -1.84. The van der Waals surface area contributed by atoms with Crippen molar-refractivity contribution in [2.24, 2.45) is 9.98 Å². The maximum Gasteiger partial charge on any atom is 0.0812 e. The molecule has 0 saturated heterocycles. The number of benzene rings is 3. The summed E-state index contributed by atoms with van der Waals surface area (Å²) in [7, 11) is 0. The fourth-order valence-electron chi connectivity index (χ4n) is 3.41. The lowest BCUT2D eigenvalue weighted by Gasteiger charge is -1.96. The summed E-state index contributed by atoms with van der Waals surface area (Å²) >= 11 is 0. The van der Waals surface area contributed by atoms with E-state index in [0.29, 0.717) is 0 Å². The number of pyridine rings is 2. The molecular weight excluding hydrogens is 464 g/mol. The minimum Gasteiger partial charge on any atom is -0.255 e. The maximum atomic E-state index is 4.46. The molecule has 0 spiro atoms. The van der Waals surface area contributed by atoms with E-state index in [1.54, 1.807) is 24.8 Å². The number of rotatable bonds is 4. The van der Waals surface area contributed by atoms with Crippen molar-refractivity contribution in [2.75, 3.05) is 0 Å². The van der Waals surface area contributed by atoms with Crippen LogP contribution < -0.4 is 0 Å². The van der Waals surface area contributed by atoms with Gasteiger partial charge in [-0.05, 0) is 91.0 Å². The summed E-state index contributed by atoms with van der Waals surface area (Å²) in [6, 6.07) is 35.0. The topological polar surface area (TPSA) is 50.5 Å². The molecular formula is C34H22N4. The molecule has 0 aliphatic rings. The van der Waals surface area contributed by atoms with Crippen LogP contribution in [0.4, 0.5) is 11.4 Å². The van der Waals surface area contributed by atoms with Gasteiger partial charge in [-0.3, -0.25) is 20.0 Å². The normalized spacial score (nSPS) is 10.5. The Hall–Kier alpha value is -5.58. The summed E-state index contributed by atoms with van der Waals surface area (Å²) in [5.41, 5.74) is 7.01. The zero-order chi connectivity index (χ0) is 25.8. The van der Waals surface area contributed by atoms with Crippen molar-refractivity contribution in [2.45, 2.75) is 0 Å². The van der Waals surface area contributed by atoms with Crippen molar-refractivity contribution in [1.29, 1.82) is 0 Å². The highest BCUT2D eigenvalue weighted by Crippen LogP contribution is 2.14. The number of hydrogen-bond donors (Lipinski definition) is 0. The van der Waals surface area contributed by atoms with Gasteiger partial charge >= 0.3 is 0 Å². The molecule has 0 fully saturated rings. The van der Waals surface area contributed by atoms with Gasteiger partial charge < -0.3 is 0 Å². The van der Waals surface area contributed by atoms with Gasteiger partial charge in [0.25, 0.3) is 0 Å². The molecule has 0 bridgehead atoms. The van der Waals surface area contributed by atoms with Gasteiger partial charge in [-0.2, -0.15) is 0 Å². The average molecular weight is 487 g/mol. The number of aliphatic imine (C=N–C) groups is 2. The van der Waals surface area contributed by atoms with Crippen LogP contribution in [0.15, 0.2) is 132 Å². The molecule has 0 unspecified atom stereocenters. The summed E-state index contributed by atoms with van der Waals surface area (Å²) in [5.74, 6) is 12.9. The quantitative estimate of drug-likeness (QED) is 0.208. The van der Waals surface area contributed by atoms with Crippen LogP contribution in [0.25, 0.3) is 0 Å². The zero-order valence-electron chi connectivity index (χ0n) is 20.5. The summed E-state index contributed by atoms with van der Waals surface area (Å²) in [6.45, 7) is 0. The fraction of sp³-hybridized carbons (Fsp3) is 0. The highest BCUT2D eigenvalue weighted by molar-refractivity contribution is 5.80. The first kappa shape index (κ1) is 24.1. The molecule has 0 N–H and O–H groups in total. The third kappa shape index (κ3) is 7.21. The first-order chi connectivity index (χ1) is 18.8. The van der Waals surface area contributed by atoms with E-state index < -0.39 is 0 Å². The van der Waals surface area contributed by atoms with Crippen LogP contribution in [0.1, 0.15) is 33.6 Å². The van der Waals surface area contributed by atoms with Crippen molar-refractivity contribution in [3.8, 4) is 23.7 Å². The average Bonchev–Trinajstić information content (AvgIpc) is 2.99. The molecule has 0 radical (unpaired) electrons. The van der Waals surface area contributed by atoms with E-state index in [2.05, 4.69) is 43.6 Å². The number of aromatic nitrogens is 2. The van der Waals surface area contributed by atoms with Gasteiger partial charge in [0.15, 0.2) is 0 Å². The molecule has 3 aromatic carbocycles. The van der Waals surface area contributed by atoms with Gasteiger partial charge in [0.05, 0.1) is 35.2 Å². The van der Waals surface area contributed by atoms with Crippen LogP contribution in [0, 0.1) is 23.7 Å². The van der Waals surface area contributed by atoms with Crippen LogP contribution in [0.5, 0.6) is 0 Å². The Labute approximate surface area is 222 Å². The van der Waals surface area contributed by atoms with E-state index in [4.69, 9.17) is 0 Å². The zero-order valence-corrected chi connectivity index (χ0v) is 20.5. The van der Waals surface area contributed by atoms with Crippen molar-refractivity contribution < 1.29 is 0 Å². The Morgan fingerprint density at radius 1 is 0.447 bits per heavy atom. The standard InChI is InChI=1S/C34H22N4/c1-3-22-35-33(8-1)25-37-31-18-14-27(15-19-31)10-12-29-6-5-7-30(24-29)13-11-28-16-20-32(21-17-28)38-26-34-9-2-4-23-36-34/h1-9,14-26H. The second-order valence-corrected chi connectivity index (χ2v) is 8.20. The predicted octanol–water partition coefficient (Wildman–Crippen LogP) is 6.78. The van der Waals surface area contributed by atoms with E-state index in [1.807, 2.05) is 109 Å². The molecule has 0 aliphatic carbocycles. The predicted molar refractivity (Wildman–Crippen MR) is 154 cm³/mol. The van der Waals surface area contributed by atoms with Crippen molar-refractivity contribution in [3.05, 3.63) is 155 Å². The smallest absolute Gasteiger partial charge is 0.0812 e. The van der Waals surface area contributed by atoms with Crippen molar-refractivity contribution in [3.63, 3.8) is 0 Å². The molecule has 0 saturated carbocycles. The summed E-state index contributed by atoms with van der Waals surface area (Å²) in [5, 5.41) is 0. The molecule has 5 rings (SSSR count). The maximum absolute atomic E-state index is 4.46. The van der Waals surface area contributed by atoms with E-state index in [-0.39, 0.29) is 0 Å². The first-order valence-electron chi connectivity index (χ1n) is 12.0. The Kier molecular flexibility index (Phi) is 7.87. The Morgan fingerprint density at radius 3 is 1.32 bits per heavy atom. The second-order valence-electron chi connectivity index (χ2n) is 8.20. The van der Waals surface area contributed by atoms with Gasteiger partial charge in [-0.25, -0.2) is 0 Å². The van der Waals surface area contributed by atoms with Gasteiger partial charge in [0, 0.05) is 34.6 Å². The van der Waals surface area contributed by atoms with Crippen molar-refractivity contribution in [1.82, 2.24) is 9.97 Å². The van der Waals surface area contributed by atoms with Gasteiger partial charge in [0.2, 0.25) is 0 Å². The van der Waals surface area contributed by atoms with E-state index in [9.17, 15) is 0 Å². The molecule has 2 aromatic heterocycles. The van der Waals surface area contributed by atoms with Gasteiger partial charge in [-0.1, -0.05) is 41.9 Å². The lowest BCUT2D eigenvalue weighted by molar-refractivity contribution is 1.30. The second kappa shape index (κ2) is 12.4. The Balaban J connectivity index is 1.22. The molecule has 5 aromatic rings. The van der Waals surface area contributed by atoms with Crippen LogP contribution in [0.3, 0.4) is 0 Å². The third-order valence-electron chi connectivity index (χ3n) is 5.37. The minimum atomic E-state index is 0.821.